The summed E-state index contributed by atoms with van der Waals surface area (Å²) in [5.41, 5.74) is -1.73. The van der Waals surface area contributed by atoms with Gasteiger partial charge in [0, 0.05) is 21.6 Å². The van der Waals surface area contributed by atoms with Gasteiger partial charge in [-0.25, -0.2) is 0 Å². The second kappa shape index (κ2) is 8.80. The van der Waals surface area contributed by atoms with Crippen LogP contribution in [0.15, 0.2) is 0 Å². The Morgan fingerprint density at radius 3 is 2.55 bits per heavy atom. The summed E-state index contributed by atoms with van der Waals surface area (Å²) in [7, 11) is 0. The zero-order valence-corrected chi connectivity index (χ0v) is 22.7. The molecule has 4 aliphatic carbocycles. The first-order valence-corrected chi connectivity index (χ1v) is 14.0. The van der Waals surface area contributed by atoms with Gasteiger partial charge in [0.05, 0.1) is 17.6 Å². The van der Waals surface area contributed by atoms with Gasteiger partial charge in [-0.15, -0.1) is 0 Å². The van der Waals surface area contributed by atoms with Crippen LogP contribution in [0, 0.1) is 39.9 Å². The number of hydrogen-bond donors (Lipinski definition) is 1. The van der Waals surface area contributed by atoms with Gasteiger partial charge < -0.3 is 14.6 Å². The Hall–Kier alpha value is -0.620. The number of alkyl halides is 1. The summed E-state index contributed by atoms with van der Waals surface area (Å²) in [6, 6.07) is 0. The largest absolute Gasteiger partial charge is 0.467 e. The lowest BCUT2D eigenvalue weighted by Gasteiger charge is -2.64. The molecule has 4 fully saturated rings. The lowest BCUT2D eigenvalue weighted by atomic mass is 9.43. The molecule has 0 unspecified atom stereocenters. The second-order valence-electron chi connectivity index (χ2n) is 12.8. The van der Waals surface area contributed by atoms with Crippen molar-refractivity contribution in [2.75, 3.05) is 6.61 Å². The van der Waals surface area contributed by atoms with E-state index in [1.807, 2.05) is 27.7 Å². The van der Waals surface area contributed by atoms with E-state index < -0.39 is 11.0 Å². The molecular formula is C27H43BrO5. The minimum atomic E-state index is -0.862. The molecule has 6 heteroatoms. The average molecular weight is 528 g/mol. The SMILES string of the molecule is C[C@H](OC(=O)C(C)(C)C)[C@H]1C[C@H](Br)[C@]2(O)[C@@H]3CC[C@H]4CCCC[C@]4(COC=O)[C@H]3CC[C@]12C. The molecule has 0 amide bonds. The highest BCUT2D eigenvalue weighted by atomic mass is 79.9. The maximum absolute atomic E-state index is 12.6. The van der Waals surface area contributed by atoms with E-state index in [-0.39, 0.29) is 39.6 Å². The van der Waals surface area contributed by atoms with Crippen molar-refractivity contribution in [2.45, 2.75) is 109 Å². The van der Waals surface area contributed by atoms with E-state index in [9.17, 15) is 14.7 Å². The molecule has 5 nitrogen and oxygen atoms in total. The van der Waals surface area contributed by atoms with Crippen LogP contribution in [-0.4, -0.2) is 40.7 Å². The Morgan fingerprint density at radius 1 is 1.15 bits per heavy atom. The van der Waals surface area contributed by atoms with Crippen LogP contribution in [0.2, 0.25) is 0 Å². The lowest BCUT2D eigenvalue weighted by Crippen LogP contribution is -2.66. The van der Waals surface area contributed by atoms with Crippen LogP contribution in [0.1, 0.15) is 92.4 Å². The number of halogens is 1. The van der Waals surface area contributed by atoms with Crippen molar-refractivity contribution in [1.29, 1.82) is 0 Å². The Balaban J connectivity index is 1.65. The molecule has 0 radical (unpaired) electrons. The number of aliphatic hydroxyl groups is 1. The van der Waals surface area contributed by atoms with Crippen LogP contribution in [0.25, 0.3) is 0 Å². The van der Waals surface area contributed by atoms with E-state index >= 15 is 0 Å². The van der Waals surface area contributed by atoms with Gasteiger partial charge in [0.1, 0.15) is 6.10 Å². The van der Waals surface area contributed by atoms with Crippen molar-refractivity contribution in [1.82, 2.24) is 0 Å². The van der Waals surface area contributed by atoms with Gasteiger partial charge in [-0.3, -0.25) is 9.59 Å². The first kappa shape index (κ1) is 25.5. The van der Waals surface area contributed by atoms with Gasteiger partial charge in [0.25, 0.3) is 6.47 Å². The van der Waals surface area contributed by atoms with Gasteiger partial charge in [-0.05, 0) is 90.4 Å². The van der Waals surface area contributed by atoms with Crippen molar-refractivity contribution >= 4 is 28.4 Å². The number of carbonyl (C=O) groups excluding carboxylic acids is 2. The average Bonchev–Trinajstić information content (AvgIpc) is 2.98. The number of hydrogen-bond acceptors (Lipinski definition) is 5. The predicted molar refractivity (Wildman–Crippen MR) is 131 cm³/mol. The molecule has 4 rings (SSSR count). The lowest BCUT2D eigenvalue weighted by molar-refractivity contribution is -0.222. The van der Waals surface area contributed by atoms with Crippen LogP contribution >= 0.6 is 15.9 Å². The topological polar surface area (TPSA) is 72.8 Å². The highest BCUT2D eigenvalue weighted by Gasteiger charge is 2.71. The van der Waals surface area contributed by atoms with Crippen molar-refractivity contribution in [3.8, 4) is 0 Å². The first-order valence-electron chi connectivity index (χ1n) is 13.0. The molecule has 33 heavy (non-hydrogen) atoms. The molecule has 0 aromatic carbocycles. The van der Waals surface area contributed by atoms with Crippen molar-refractivity contribution in [3.05, 3.63) is 0 Å². The van der Waals surface area contributed by atoms with Crippen LogP contribution in [0.3, 0.4) is 0 Å². The Bertz CT molecular complexity index is 764. The second-order valence-corrected chi connectivity index (χ2v) is 13.9. The van der Waals surface area contributed by atoms with E-state index in [1.54, 1.807) is 0 Å². The Kier molecular flexibility index (Phi) is 6.79. The van der Waals surface area contributed by atoms with Crippen molar-refractivity contribution in [3.63, 3.8) is 0 Å². The van der Waals surface area contributed by atoms with Gasteiger partial charge >= 0.3 is 5.97 Å². The van der Waals surface area contributed by atoms with E-state index in [0.717, 1.165) is 38.5 Å². The quantitative estimate of drug-likeness (QED) is 0.284. The molecule has 0 bridgehead atoms. The molecule has 1 N–H and O–H groups in total. The van der Waals surface area contributed by atoms with Crippen molar-refractivity contribution in [2.24, 2.45) is 39.9 Å². The Labute approximate surface area is 207 Å². The summed E-state index contributed by atoms with van der Waals surface area (Å²) >= 11 is 3.93. The van der Waals surface area contributed by atoms with E-state index in [1.165, 1.54) is 19.3 Å². The smallest absolute Gasteiger partial charge is 0.311 e. The first-order chi connectivity index (χ1) is 15.4. The molecular weight excluding hydrogens is 484 g/mol. The van der Waals surface area contributed by atoms with Crippen LogP contribution in [0.5, 0.6) is 0 Å². The number of ether oxygens (including phenoxy) is 2. The molecule has 4 aliphatic rings. The summed E-state index contributed by atoms with van der Waals surface area (Å²) in [4.78, 5) is 23.8. The molecule has 0 spiro atoms. The number of fused-ring (bicyclic) bond motifs is 5. The third-order valence-corrected chi connectivity index (χ3v) is 11.5. The van der Waals surface area contributed by atoms with Gasteiger partial charge in [0.15, 0.2) is 0 Å². The van der Waals surface area contributed by atoms with Crippen molar-refractivity contribution < 1.29 is 24.2 Å². The summed E-state index contributed by atoms with van der Waals surface area (Å²) in [6.07, 6.45) is 9.36. The summed E-state index contributed by atoms with van der Waals surface area (Å²) < 4.78 is 11.5. The normalized spacial score (nSPS) is 45.8. The molecule has 0 saturated heterocycles. The van der Waals surface area contributed by atoms with Gasteiger partial charge in [-0.1, -0.05) is 35.7 Å². The number of carbonyl (C=O) groups is 2. The third-order valence-electron chi connectivity index (χ3n) is 10.4. The Morgan fingerprint density at radius 2 is 1.88 bits per heavy atom. The van der Waals surface area contributed by atoms with Gasteiger partial charge in [-0.2, -0.15) is 0 Å². The summed E-state index contributed by atoms with van der Waals surface area (Å²) in [5.74, 6) is 1.03. The van der Waals surface area contributed by atoms with Crippen LogP contribution in [0.4, 0.5) is 0 Å². The van der Waals surface area contributed by atoms with E-state index in [4.69, 9.17) is 9.47 Å². The molecule has 0 heterocycles. The summed E-state index contributed by atoms with van der Waals surface area (Å²) in [6.45, 7) is 11.0. The van der Waals surface area contributed by atoms with E-state index in [0.29, 0.717) is 24.9 Å². The fraction of sp³-hybridized carbons (Fsp3) is 0.926. The zero-order valence-electron chi connectivity index (χ0n) is 21.1. The highest BCUT2D eigenvalue weighted by molar-refractivity contribution is 9.09. The number of rotatable bonds is 5. The molecule has 0 aliphatic heterocycles. The fourth-order valence-corrected chi connectivity index (χ4v) is 9.96. The van der Waals surface area contributed by atoms with Crippen LogP contribution in [-0.2, 0) is 19.1 Å². The fourth-order valence-electron chi connectivity index (χ4n) is 8.69. The monoisotopic (exact) mass is 526 g/mol. The minimum Gasteiger partial charge on any atom is -0.467 e. The molecule has 0 aromatic heterocycles. The molecule has 9 atom stereocenters. The highest BCUT2D eigenvalue weighted by Crippen LogP contribution is 2.70. The predicted octanol–water partition coefficient (Wildman–Crippen LogP) is 5.65. The zero-order chi connectivity index (χ0) is 24.2. The molecule has 0 aromatic rings. The molecule has 188 valence electrons. The molecule has 4 saturated carbocycles. The van der Waals surface area contributed by atoms with Crippen LogP contribution < -0.4 is 0 Å². The minimum absolute atomic E-state index is 0.00569. The standard InChI is InChI=1S/C27H43BrO5/c1-17(33-23(30)24(2,3)4)21-14-22(28)27(31)20-10-9-18-8-6-7-12-26(18,15-32-16-29)19(20)11-13-25(21,27)5/h16-22,31H,6-15H2,1-5H3/t17-,18+,19-,20+,21+,22-,25+,26+,27+/m0/s1. The maximum atomic E-state index is 12.6. The van der Waals surface area contributed by atoms with Gasteiger partial charge in [0.2, 0.25) is 0 Å². The third kappa shape index (κ3) is 3.80. The maximum Gasteiger partial charge on any atom is 0.311 e. The summed E-state index contributed by atoms with van der Waals surface area (Å²) in [5, 5.41) is 12.6. The number of esters is 1. The van der Waals surface area contributed by atoms with E-state index in [2.05, 4.69) is 22.9 Å².